The van der Waals surface area contributed by atoms with Crippen molar-refractivity contribution in [1.29, 1.82) is 0 Å². The molecule has 210 valence electrons. The van der Waals surface area contributed by atoms with Crippen LogP contribution in [0.15, 0.2) is 42.0 Å². The summed E-state index contributed by atoms with van der Waals surface area (Å²) in [5.74, 6) is -0.668. The van der Waals surface area contributed by atoms with Crippen LogP contribution >= 0.6 is 23.6 Å². The van der Waals surface area contributed by atoms with Crippen LogP contribution < -0.4 is 4.90 Å². The minimum Gasteiger partial charge on any atom is -0.415 e. The number of amides is 2. The van der Waals surface area contributed by atoms with E-state index < -0.39 is 8.32 Å². The number of likely N-dealkylation sites (N-methyl/N-ethyl adjacent to an activating group) is 3. The number of thiocarbonyl (C=S) groups is 1. The van der Waals surface area contributed by atoms with Gasteiger partial charge in [-0.1, -0.05) is 39.0 Å². The zero-order chi connectivity index (χ0) is 29.0. The van der Waals surface area contributed by atoms with Crippen LogP contribution in [0.2, 0.25) is 18.1 Å². The lowest BCUT2D eigenvalue weighted by atomic mass is 10.1. The van der Waals surface area contributed by atoms with Crippen LogP contribution in [-0.4, -0.2) is 68.3 Å². The molecule has 2 amide bonds. The summed E-state index contributed by atoms with van der Waals surface area (Å²) in [5, 5.41) is 0.490. The van der Waals surface area contributed by atoms with E-state index in [0.717, 1.165) is 34.2 Å². The number of thiophene rings is 1. The van der Waals surface area contributed by atoms with Crippen LogP contribution in [0.25, 0.3) is 18.2 Å². The number of rotatable bonds is 10. The van der Waals surface area contributed by atoms with Crippen molar-refractivity contribution in [2.24, 2.45) is 0 Å². The molecule has 39 heavy (non-hydrogen) atoms. The molecule has 3 rings (SSSR count). The third-order valence-corrected chi connectivity index (χ3v) is 13.4. The normalized spacial score (nSPS) is 15.1. The molecule has 0 radical (unpaired) electrons. The molecule has 0 unspecified atom stereocenters. The summed E-state index contributed by atoms with van der Waals surface area (Å²) in [4.78, 5) is 32.8. The second-order valence-corrected chi connectivity index (χ2v) is 17.5. The van der Waals surface area contributed by atoms with Crippen molar-refractivity contribution in [3.8, 4) is 0 Å². The molecule has 2 heterocycles. The van der Waals surface area contributed by atoms with Gasteiger partial charge in [0.2, 0.25) is 0 Å². The maximum absolute atomic E-state index is 12.9. The first-order valence-electron chi connectivity index (χ1n) is 13.4. The average molecular weight is 584 g/mol. The maximum Gasteiger partial charge on any atom is 0.265 e. The summed E-state index contributed by atoms with van der Waals surface area (Å²) in [5.41, 5.74) is 2.40. The van der Waals surface area contributed by atoms with Gasteiger partial charge >= 0.3 is 0 Å². The third-order valence-electron chi connectivity index (χ3n) is 7.45. The monoisotopic (exact) mass is 583 g/mol. The van der Waals surface area contributed by atoms with Crippen molar-refractivity contribution >= 4 is 72.7 Å². The molecule has 6 nitrogen and oxygen atoms in total. The van der Waals surface area contributed by atoms with Crippen molar-refractivity contribution in [1.82, 2.24) is 9.80 Å². The van der Waals surface area contributed by atoms with Crippen molar-refractivity contribution < 1.29 is 14.0 Å². The summed E-state index contributed by atoms with van der Waals surface area (Å²) >= 11 is 6.87. The second kappa shape index (κ2) is 12.7. The number of benzene rings is 1. The Morgan fingerprint density at radius 3 is 2.05 bits per heavy atom. The molecule has 1 aliphatic heterocycles. The van der Waals surface area contributed by atoms with E-state index in [0.29, 0.717) is 13.1 Å². The Bertz CT molecular complexity index is 1230. The molecular weight excluding hydrogens is 543 g/mol. The van der Waals surface area contributed by atoms with E-state index >= 15 is 0 Å². The van der Waals surface area contributed by atoms with Gasteiger partial charge in [0.25, 0.3) is 11.8 Å². The number of nitrogens with zero attached hydrogens (tertiary/aromatic N) is 3. The SMILES string of the molecule is CCN1C(=O)C(=Cc2ccc(/C=C/c3ccc(N(C)CCO[Si](C)(C)C(C)(C)C)cc3)s2)C(=O)N(CC)C1=S. The summed E-state index contributed by atoms with van der Waals surface area (Å²) < 4.78 is 6.32. The van der Waals surface area contributed by atoms with Gasteiger partial charge < -0.3 is 9.33 Å². The molecular formula is C30H41N3O3S2Si. The van der Waals surface area contributed by atoms with E-state index in [-0.39, 0.29) is 27.5 Å². The lowest BCUT2D eigenvalue weighted by Crippen LogP contribution is -2.55. The minimum absolute atomic E-state index is 0.152. The van der Waals surface area contributed by atoms with E-state index in [9.17, 15) is 9.59 Å². The van der Waals surface area contributed by atoms with Gasteiger partial charge in [0.15, 0.2) is 13.4 Å². The smallest absolute Gasteiger partial charge is 0.265 e. The number of hydrogen-bond donors (Lipinski definition) is 0. The Morgan fingerprint density at radius 1 is 0.949 bits per heavy atom. The fourth-order valence-electron chi connectivity index (χ4n) is 3.86. The number of hydrogen-bond acceptors (Lipinski definition) is 6. The van der Waals surface area contributed by atoms with E-state index in [1.165, 1.54) is 21.1 Å². The van der Waals surface area contributed by atoms with E-state index in [1.807, 2.05) is 26.0 Å². The molecule has 0 aliphatic carbocycles. The fourth-order valence-corrected chi connectivity index (χ4v) is 6.18. The van der Waals surface area contributed by atoms with Crippen molar-refractivity contribution in [2.45, 2.75) is 52.8 Å². The maximum atomic E-state index is 12.9. The molecule has 0 N–H and O–H groups in total. The molecule has 1 aromatic heterocycles. The Hall–Kier alpha value is -2.59. The quantitative estimate of drug-likeness (QED) is 0.134. The molecule has 1 saturated heterocycles. The van der Waals surface area contributed by atoms with E-state index in [1.54, 1.807) is 6.08 Å². The number of carbonyl (C=O) groups excluding carboxylic acids is 2. The minimum atomic E-state index is -1.74. The van der Waals surface area contributed by atoms with Gasteiger partial charge in [-0.05, 0) is 86.2 Å². The van der Waals surface area contributed by atoms with Crippen LogP contribution in [0, 0.1) is 0 Å². The summed E-state index contributed by atoms with van der Waals surface area (Å²) in [6.07, 6.45) is 5.80. The lowest BCUT2D eigenvalue weighted by Gasteiger charge is -2.36. The molecule has 0 spiro atoms. The van der Waals surface area contributed by atoms with Crippen molar-refractivity contribution in [3.63, 3.8) is 0 Å². The predicted octanol–water partition coefficient (Wildman–Crippen LogP) is 6.76. The summed E-state index contributed by atoms with van der Waals surface area (Å²) in [7, 11) is 0.357. The zero-order valence-electron chi connectivity index (χ0n) is 24.4. The Morgan fingerprint density at radius 2 is 1.51 bits per heavy atom. The highest BCUT2D eigenvalue weighted by molar-refractivity contribution is 7.80. The van der Waals surface area contributed by atoms with Crippen LogP contribution in [0.3, 0.4) is 0 Å². The topological polar surface area (TPSA) is 53.1 Å². The third kappa shape index (κ3) is 7.33. The van der Waals surface area contributed by atoms with Gasteiger partial charge in [-0.2, -0.15) is 0 Å². The largest absolute Gasteiger partial charge is 0.415 e. The Kier molecular flexibility index (Phi) is 10.1. The second-order valence-electron chi connectivity index (χ2n) is 11.1. The molecule has 0 atom stereocenters. The van der Waals surface area contributed by atoms with Crippen LogP contribution in [0.5, 0.6) is 0 Å². The van der Waals surface area contributed by atoms with Gasteiger partial charge in [-0.3, -0.25) is 19.4 Å². The van der Waals surface area contributed by atoms with Gasteiger partial charge in [0.05, 0.1) is 6.61 Å². The molecule has 2 aromatic rings. The fraction of sp³-hybridized carbons (Fsp3) is 0.433. The molecule has 1 aromatic carbocycles. The first-order chi connectivity index (χ1) is 18.3. The summed E-state index contributed by atoms with van der Waals surface area (Å²) in [6.45, 7) is 17.5. The van der Waals surface area contributed by atoms with Crippen molar-refractivity contribution in [2.75, 3.05) is 38.2 Å². The van der Waals surface area contributed by atoms with E-state index in [2.05, 4.69) is 82.2 Å². The van der Waals surface area contributed by atoms with Gasteiger partial charge in [0, 0.05) is 42.1 Å². The highest BCUT2D eigenvalue weighted by atomic mass is 32.1. The first-order valence-corrected chi connectivity index (χ1v) is 17.5. The average Bonchev–Trinajstić information content (AvgIpc) is 3.33. The lowest BCUT2D eigenvalue weighted by molar-refractivity contribution is -0.133. The predicted molar refractivity (Wildman–Crippen MR) is 171 cm³/mol. The molecule has 0 bridgehead atoms. The molecule has 0 saturated carbocycles. The number of anilines is 1. The highest BCUT2D eigenvalue weighted by Gasteiger charge is 2.38. The zero-order valence-corrected chi connectivity index (χ0v) is 27.0. The summed E-state index contributed by atoms with van der Waals surface area (Å²) in [6, 6.07) is 12.4. The van der Waals surface area contributed by atoms with Gasteiger partial charge in [0.1, 0.15) is 5.57 Å². The number of carbonyl (C=O) groups is 2. The van der Waals surface area contributed by atoms with Crippen molar-refractivity contribution in [3.05, 3.63) is 57.3 Å². The molecule has 9 heteroatoms. The highest BCUT2D eigenvalue weighted by Crippen LogP contribution is 2.36. The standard InChI is InChI=1S/C30H41N3O3S2Si/c1-9-32-27(34)26(28(35)33(10-2)29(32)37)21-25-18-17-24(38-25)16-13-22-11-14-23(15-12-22)31(6)19-20-36-39(7,8)30(3,4)5/h11-18,21H,9-10,19-20H2,1-8H3/b16-13+. The van der Waals surface area contributed by atoms with Crippen LogP contribution in [0.4, 0.5) is 5.69 Å². The molecule has 1 aliphatic rings. The van der Waals surface area contributed by atoms with Gasteiger partial charge in [-0.15, -0.1) is 11.3 Å². The van der Waals surface area contributed by atoms with Crippen LogP contribution in [0.1, 0.15) is 49.9 Å². The Balaban J connectivity index is 1.63. The van der Waals surface area contributed by atoms with E-state index in [4.69, 9.17) is 16.6 Å². The Labute approximate surface area is 244 Å². The first kappa shape index (κ1) is 30.9. The van der Waals surface area contributed by atoms with Crippen LogP contribution in [-0.2, 0) is 14.0 Å². The van der Waals surface area contributed by atoms with Gasteiger partial charge in [-0.25, -0.2) is 0 Å². The molecule has 1 fully saturated rings.